The number of esters is 1. The predicted molar refractivity (Wildman–Crippen MR) is 78.3 cm³/mol. The van der Waals surface area contributed by atoms with Crippen LogP contribution in [-0.4, -0.2) is 17.9 Å². The standard InChI is InChI=1S/C18H22O3/c1-17(2)8-4-5-11-12-6-3-7-15-18(12,10-16(20)21-15)14(19)9-13(11)17/h3-5,7,11-13,15H,6,8-10H2,1-2H3/t11-,12+,13+,15-,18+/m1/s1. The third-order valence-electron chi connectivity index (χ3n) is 6.43. The first-order chi connectivity index (χ1) is 9.95. The molecule has 3 nitrogen and oxygen atoms in total. The number of carbonyl (C=O) groups excluding carboxylic acids is 2. The zero-order chi connectivity index (χ0) is 14.8. The van der Waals surface area contributed by atoms with Gasteiger partial charge in [0, 0.05) is 6.42 Å². The average Bonchev–Trinajstić information content (AvgIpc) is 2.76. The van der Waals surface area contributed by atoms with Gasteiger partial charge >= 0.3 is 5.97 Å². The Bertz CT molecular complexity index is 571. The summed E-state index contributed by atoms with van der Waals surface area (Å²) in [7, 11) is 0. The summed E-state index contributed by atoms with van der Waals surface area (Å²) in [5.41, 5.74) is -0.415. The van der Waals surface area contributed by atoms with Crippen LogP contribution in [0.25, 0.3) is 0 Å². The van der Waals surface area contributed by atoms with Crippen LogP contribution in [0.5, 0.6) is 0 Å². The van der Waals surface area contributed by atoms with E-state index in [1.54, 1.807) is 0 Å². The van der Waals surface area contributed by atoms with Crippen LogP contribution < -0.4 is 0 Å². The summed E-state index contributed by atoms with van der Waals surface area (Å²) in [6.07, 6.45) is 11.1. The van der Waals surface area contributed by atoms with Crippen molar-refractivity contribution < 1.29 is 14.3 Å². The molecule has 1 spiro atoms. The minimum atomic E-state index is -0.579. The van der Waals surface area contributed by atoms with Crippen molar-refractivity contribution >= 4 is 11.8 Å². The smallest absolute Gasteiger partial charge is 0.307 e. The Hall–Kier alpha value is -1.38. The number of allylic oxidation sites excluding steroid dienone is 3. The fourth-order valence-electron chi connectivity index (χ4n) is 5.26. The van der Waals surface area contributed by atoms with E-state index in [9.17, 15) is 9.59 Å². The Morgan fingerprint density at radius 2 is 1.95 bits per heavy atom. The van der Waals surface area contributed by atoms with E-state index < -0.39 is 5.41 Å². The molecule has 112 valence electrons. The van der Waals surface area contributed by atoms with Gasteiger partial charge in [0.15, 0.2) is 0 Å². The van der Waals surface area contributed by atoms with Gasteiger partial charge < -0.3 is 4.74 Å². The number of hydrogen-bond donors (Lipinski definition) is 0. The lowest BCUT2D eigenvalue weighted by Crippen LogP contribution is -2.57. The van der Waals surface area contributed by atoms with Crippen molar-refractivity contribution in [2.75, 3.05) is 0 Å². The molecule has 0 N–H and O–H groups in total. The van der Waals surface area contributed by atoms with E-state index in [1.807, 2.05) is 6.08 Å². The largest absolute Gasteiger partial charge is 0.457 e. The van der Waals surface area contributed by atoms with Crippen molar-refractivity contribution in [3.63, 3.8) is 0 Å². The second-order valence-corrected chi connectivity index (χ2v) is 7.83. The predicted octanol–water partition coefficient (Wildman–Crippen LogP) is 3.06. The number of Topliss-reactive ketones (excluding diaryl/α,β-unsaturated/α-hetero) is 1. The first kappa shape index (κ1) is 13.3. The Labute approximate surface area is 125 Å². The molecule has 3 heteroatoms. The summed E-state index contributed by atoms with van der Waals surface area (Å²) in [5, 5.41) is 0. The molecule has 1 heterocycles. The molecule has 0 aromatic carbocycles. The zero-order valence-corrected chi connectivity index (χ0v) is 12.7. The van der Waals surface area contributed by atoms with Gasteiger partial charge in [-0.05, 0) is 42.1 Å². The van der Waals surface area contributed by atoms with E-state index in [1.165, 1.54) is 0 Å². The monoisotopic (exact) mass is 286 g/mol. The second-order valence-electron chi connectivity index (χ2n) is 7.83. The molecule has 0 amide bonds. The number of hydrogen-bond acceptors (Lipinski definition) is 3. The molecule has 1 saturated heterocycles. The summed E-state index contributed by atoms with van der Waals surface area (Å²) >= 11 is 0. The minimum absolute atomic E-state index is 0.164. The number of rotatable bonds is 0. The summed E-state index contributed by atoms with van der Waals surface area (Å²) in [6, 6.07) is 0. The molecule has 1 aliphatic heterocycles. The second kappa shape index (κ2) is 4.08. The maximum absolute atomic E-state index is 13.0. The first-order valence-corrected chi connectivity index (χ1v) is 8.01. The summed E-state index contributed by atoms with van der Waals surface area (Å²) in [6.45, 7) is 4.54. The number of fused-ring (bicyclic) bond motifs is 2. The molecule has 1 saturated carbocycles. The SMILES string of the molecule is CC1(C)CC=C[C@H]2[C@@H]1CC(=O)[C@@]13CC(=O)O[C@@H]1C=CC[C@@H]23. The lowest BCUT2D eigenvalue weighted by molar-refractivity contribution is -0.149. The molecule has 4 aliphatic rings. The van der Waals surface area contributed by atoms with Gasteiger partial charge in [0.05, 0.1) is 11.8 Å². The van der Waals surface area contributed by atoms with Gasteiger partial charge in [-0.3, -0.25) is 9.59 Å². The third-order valence-corrected chi connectivity index (χ3v) is 6.43. The quantitative estimate of drug-likeness (QED) is 0.508. The maximum Gasteiger partial charge on any atom is 0.307 e. The van der Waals surface area contributed by atoms with Gasteiger partial charge in [0.1, 0.15) is 11.9 Å². The van der Waals surface area contributed by atoms with E-state index in [0.717, 1.165) is 12.8 Å². The lowest BCUT2D eigenvalue weighted by atomic mass is 9.47. The van der Waals surface area contributed by atoms with Gasteiger partial charge in [-0.1, -0.05) is 32.1 Å². The molecular formula is C18H22O3. The highest BCUT2D eigenvalue weighted by molar-refractivity contribution is 5.94. The molecule has 0 unspecified atom stereocenters. The van der Waals surface area contributed by atoms with E-state index in [2.05, 4.69) is 32.1 Å². The average molecular weight is 286 g/mol. The number of ether oxygens (including phenoxy) is 1. The van der Waals surface area contributed by atoms with Gasteiger partial charge in [-0.25, -0.2) is 0 Å². The molecule has 4 rings (SSSR count). The van der Waals surface area contributed by atoms with Crippen LogP contribution in [-0.2, 0) is 14.3 Å². The van der Waals surface area contributed by atoms with Crippen LogP contribution in [0, 0.1) is 28.6 Å². The lowest BCUT2D eigenvalue weighted by Gasteiger charge is -2.54. The Morgan fingerprint density at radius 1 is 1.14 bits per heavy atom. The molecule has 5 atom stereocenters. The molecular weight excluding hydrogens is 264 g/mol. The van der Waals surface area contributed by atoms with Crippen molar-refractivity contribution in [1.29, 1.82) is 0 Å². The van der Waals surface area contributed by atoms with Gasteiger partial charge in [-0.15, -0.1) is 0 Å². The van der Waals surface area contributed by atoms with Crippen molar-refractivity contribution in [3.8, 4) is 0 Å². The van der Waals surface area contributed by atoms with Gasteiger partial charge in [0.2, 0.25) is 0 Å². The summed E-state index contributed by atoms with van der Waals surface area (Å²) < 4.78 is 5.46. The molecule has 21 heavy (non-hydrogen) atoms. The van der Waals surface area contributed by atoms with Gasteiger partial charge in [0.25, 0.3) is 0 Å². The van der Waals surface area contributed by atoms with Crippen molar-refractivity contribution in [2.45, 2.75) is 45.6 Å². The van der Waals surface area contributed by atoms with Crippen LogP contribution in [0.15, 0.2) is 24.3 Å². The Kier molecular flexibility index (Phi) is 2.59. The van der Waals surface area contributed by atoms with E-state index in [0.29, 0.717) is 18.3 Å². The molecule has 0 bridgehead atoms. The molecule has 0 aromatic heterocycles. The maximum atomic E-state index is 13.0. The minimum Gasteiger partial charge on any atom is -0.457 e. The van der Waals surface area contributed by atoms with Crippen LogP contribution in [0.3, 0.4) is 0 Å². The molecule has 0 aromatic rings. The van der Waals surface area contributed by atoms with E-state index in [4.69, 9.17) is 4.74 Å². The van der Waals surface area contributed by atoms with Crippen molar-refractivity contribution in [3.05, 3.63) is 24.3 Å². The van der Waals surface area contributed by atoms with Crippen molar-refractivity contribution in [1.82, 2.24) is 0 Å². The van der Waals surface area contributed by atoms with Crippen LogP contribution in [0.1, 0.15) is 39.5 Å². The van der Waals surface area contributed by atoms with E-state index >= 15 is 0 Å². The number of carbonyl (C=O) groups is 2. The topological polar surface area (TPSA) is 43.4 Å². The Morgan fingerprint density at radius 3 is 2.76 bits per heavy atom. The van der Waals surface area contributed by atoms with Crippen molar-refractivity contribution in [2.24, 2.45) is 28.6 Å². The zero-order valence-electron chi connectivity index (χ0n) is 12.7. The van der Waals surface area contributed by atoms with E-state index in [-0.39, 0.29) is 35.6 Å². The highest BCUT2D eigenvalue weighted by Gasteiger charge is 2.64. The molecule has 2 fully saturated rings. The third kappa shape index (κ3) is 1.60. The summed E-state index contributed by atoms with van der Waals surface area (Å²) in [5.74, 6) is 1.07. The molecule has 0 radical (unpaired) electrons. The fourth-order valence-corrected chi connectivity index (χ4v) is 5.26. The summed E-state index contributed by atoms with van der Waals surface area (Å²) in [4.78, 5) is 24.9. The fraction of sp³-hybridized carbons (Fsp3) is 0.667. The highest BCUT2D eigenvalue weighted by atomic mass is 16.6. The normalized spacial score (nSPS) is 46.6. The van der Waals surface area contributed by atoms with Gasteiger partial charge in [-0.2, -0.15) is 0 Å². The Balaban J connectivity index is 1.82. The number of ketones is 1. The molecule has 3 aliphatic carbocycles. The van der Waals surface area contributed by atoms with Crippen LogP contribution in [0.2, 0.25) is 0 Å². The highest BCUT2D eigenvalue weighted by Crippen LogP contribution is 2.60. The van der Waals surface area contributed by atoms with Crippen LogP contribution >= 0.6 is 0 Å². The van der Waals surface area contributed by atoms with Crippen LogP contribution in [0.4, 0.5) is 0 Å². The first-order valence-electron chi connectivity index (χ1n) is 8.01.